The molecule has 10 heteroatoms. The smallest absolute Gasteiger partial charge is 0.244 e. The van der Waals surface area contributed by atoms with Gasteiger partial charge in [-0.05, 0) is 49.1 Å². The predicted octanol–water partition coefficient (Wildman–Crippen LogP) is 3.98. The van der Waals surface area contributed by atoms with Crippen LogP contribution >= 0.6 is 11.6 Å². The molecule has 1 aliphatic rings. The van der Waals surface area contributed by atoms with Gasteiger partial charge in [0, 0.05) is 23.7 Å². The molecule has 3 rings (SSSR count). The highest BCUT2D eigenvalue weighted by Gasteiger charge is 2.33. The standard InChI is InChI=1S/C26H34ClN3O5S/c1-4-24(26(32)28-21-8-5-6-9-21)29(17-19-12-14-20(27)15-13-19)25(31)18-30(36(3,33)34)22-10-7-11-23(16-22)35-2/h7,10-16,21,24H,4-6,8-9,17-18H2,1-3H3,(H,28,32)/t24-/m1/s1. The van der Waals surface area contributed by atoms with Crippen LogP contribution < -0.4 is 14.4 Å². The number of amides is 2. The van der Waals surface area contributed by atoms with E-state index >= 15 is 0 Å². The summed E-state index contributed by atoms with van der Waals surface area (Å²) in [7, 11) is -2.33. The lowest BCUT2D eigenvalue weighted by atomic mass is 10.1. The molecule has 0 unspecified atom stereocenters. The first kappa shape index (κ1) is 27.8. The molecule has 0 radical (unpaired) electrons. The van der Waals surface area contributed by atoms with Crippen LogP contribution in [0, 0.1) is 0 Å². The van der Waals surface area contributed by atoms with Gasteiger partial charge in [-0.25, -0.2) is 8.42 Å². The van der Waals surface area contributed by atoms with E-state index in [4.69, 9.17) is 16.3 Å². The van der Waals surface area contributed by atoms with E-state index in [1.54, 1.807) is 48.5 Å². The maximum atomic E-state index is 13.7. The quantitative estimate of drug-likeness (QED) is 0.469. The summed E-state index contributed by atoms with van der Waals surface area (Å²) in [6, 6.07) is 12.9. The number of halogens is 1. The predicted molar refractivity (Wildman–Crippen MR) is 142 cm³/mol. The minimum absolute atomic E-state index is 0.100. The Morgan fingerprint density at radius 3 is 2.39 bits per heavy atom. The molecule has 1 fully saturated rings. The van der Waals surface area contributed by atoms with Gasteiger partial charge in [-0.1, -0.05) is 49.6 Å². The van der Waals surface area contributed by atoms with E-state index in [0.717, 1.165) is 41.8 Å². The maximum Gasteiger partial charge on any atom is 0.244 e. The zero-order chi connectivity index (χ0) is 26.3. The molecule has 1 aliphatic carbocycles. The van der Waals surface area contributed by atoms with Crippen molar-refractivity contribution < 1.29 is 22.7 Å². The average molecular weight is 536 g/mol. The zero-order valence-electron chi connectivity index (χ0n) is 20.9. The average Bonchev–Trinajstić information content (AvgIpc) is 3.35. The van der Waals surface area contributed by atoms with Gasteiger partial charge in [0.25, 0.3) is 0 Å². The largest absolute Gasteiger partial charge is 0.497 e. The number of benzene rings is 2. The van der Waals surface area contributed by atoms with Gasteiger partial charge < -0.3 is 15.0 Å². The van der Waals surface area contributed by atoms with Crippen LogP contribution in [0.4, 0.5) is 5.69 Å². The summed E-state index contributed by atoms with van der Waals surface area (Å²) in [5.41, 5.74) is 1.09. The number of methoxy groups -OCH3 is 1. The monoisotopic (exact) mass is 535 g/mol. The number of ether oxygens (including phenoxy) is 1. The fourth-order valence-corrected chi connectivity index (χ4v) is 5.42. The van der Waals surface area contributed by atoms with Gasteiger partial charge in [-0.15, -0.1) is 0 Å². The Kier molecular flexibility index (Phi) is 9.62. The highest BCUT2D eigenvalue weighted by atomic mass is 35.5. The molecule has 1 atom stereocenters. The van der Waals surface area contributed by atoms with E-state index in [9.17, 15) is 18.0 Å². The topological polar surface area (TPSA) is 96.0 Å². The van der Waals surface area contributed by atoms with Crippen LogP contribution in [0.1, 0.15) is 44.6 Å². The number of hydrogen-bond donors (Lipinski definition) is 1. The zero-order valence-corrected chi connectivity index (χ0v) is 22.5. The normalized spacial score (nSPS) is 14.8. The third-order valence-corrected chi connectivity index (χ3v) is 7.77. The Hall–Kier alpha value is -2.78. The number of rotatable bonds is 11. The number of carbonyl (C=O) groups excluding carboxylic acids is 2. The van der Waals surface area contributed by atoms with Crippen LogP contribution in [-0.2, 0) is 26.2 Å². The Labute approximate surface area is 218 Å². The summed E-state index contributed by atoms with van der Waals surface area (Å²) >= 11 is 6.03. The number of sulfonamides is 1. The molecular weight excluding hydrogens is 502 g/mol. The Morgan fingerprint density at radius 1 is 1.14 bits per heavy atom. The van der Waals surface area contributed by atoms with E-state index in [1.807, 2.05) is 6.92 Å². The highest BCUT2D eigenvalue weighted by molar-refractivity contribution is 7.92. The van der Waals surface area contributed by atoms with Crippen LogP contribution in [0.5, 0.6) is 5.75 Å². The lowest BCUT2D eigenvalue weighted by Crippen LogP contribution is -2.53. The van der Waals surface area contributed by atoms with Gasteiger partial charge in [-0.2, -0.15) is 0 Å². The number of anilines is 1. The number of hydrogen-bond acceptors (Lipinski definition) is 5. The molecule has 8 nitrogen and oxygen atoms in total. The molecule has 0 bridgehead atoms. The van der Waals surface area contributed by atoms with Crippen molar-refractivity contribution >= 4 is 39.1 Å². The second kappa shape index (κ2) is 12.5. The van der Waals surface area contributed by atoms with Crippen LogP contribution in [-0.4, -0.2) is 57.1 Å². The first-order valence-corrected chi connectivity index (χ1v) is 14.3. The van der Waals surface area contributed by atoms with Crippen molar-refractivity contribution in [3.8, 4) is 5.75 Å². The molecule has 0 aromatic heterocycles. The molecule has 1 saturated carbocycles. The van der Waals surface area contributed by atoms with Crippen molar-refractivity contribution in [2.75, 3.05) is 24.2 Å². The molecule has 0 saturated heterocycles. The van der Waals surface area contributed by atoms with Crippen molar-refractivity contribution in [1.82, 2.24) is 10.2 Å². The molecular formula is C26H34ClN3O5S. The SMILES string of the molecule is CC[C@H](C(=O)NC1CCCC1)N(Cc1ccc(Cl)cc1)C(=O)CN(c1cccc(OC)c1)S(C)(=O)=O. The molecule has 0 aliphatic heterocycles. The van der Waals surface area contributed by atoms with Gasteiger partial charge >= 0.3 is 0 Å². The van der Waals surface area contributed by atoms with E-state index in [0.29, 0.717) is 22.9 Å². The minimum Gasteiger partial charge on any atom is -0.497 e. The summed E-state index contributed by atoms with van der Waals surface area (Å²) in [5, 5.41) is 3.65. The summed E-state index contributed by atoms with van der Waals surface area (Å²) < 4.78 is 31.7. The molecule has 2 amide bonds. The maximum absolute atomic E-state index is 13.7. The van der Waals surface area contributed by atoms with E-state index in [2.05, 4.69) is 5.32 Å². The number of nitrogens with zero attached hydrogens (tertiary/aromatic N) is 2. The van der Waals surface area contributed by atoms with Crippen molar-refractivity contribution in [2.24, 2.45) is 0 Å². The number of carbonyl (C=O) groups is 2. The molecule has 0 spiro atoms. The summed E-state index contributed by atoms with van der Waals surface area (Å²) in [6.07, 6.45) is 5.41. The molecule has 196 valence electrons. The lowest BCUT2D eigenvalue weighted by molar-refractivity contribution is -0.140. The molecule has 2 aromatic carbocycles. The first-order valence-electron chi connectivity index (χ1n) is 12.1. The third-order valence-electron chi connectivity index (χ3n) is 6.37. The van der Waals surface area contributed by atoms with E-state index in [1.165, 1.54) is 12.0 Å². The third kappa shape index (κ3) is 7.36. The second-order valence-corrected chi connectivity index (χ2v) is 11.4. The lowest BCUT2D eigenvalue weighted by Gasteiger charge is -2.33. The molecule has 1 N–H and O–H groups in total. The van der Waals surface area contributed by atoms with Crippen molar-refractivity contribution in [1.29, 1.82) is 0 Å². The van der Waals surface area contributed by atoms with Crippen LogP contribution in [0.25, 0.3) is 0 Å². The van der Waals surface area contributed by atoms with E-state index < -0.39 is 28.5 Å². The van der Waals surface area contributed by atoms with Gasteiger partial charge in [0.15, 0.2) is 0 Å². The molecule has 0 heterocycles. The molecule has 2 aromatic rings. The summed E-state index contributed by atoms with van der Waals surface area (Å²) in [6.45, 7) is 1.53. The minimum atomic E-state index is -3.81. The van der Waals surface area contributed by atoms with Crippen molar-refractivity contribution in [2.45, 2.75) is 57.7 Å². The Bertz CT molecular complexity index is 1150. The van der Waals surface area contributed by atoms with Crippen LogP contribution in [0.15, 0.2) is 48.5 Å². The van der Waals surface area contributed by atoms with Crippen molar-refractivity contribution in [3.05, 3.63) is 59.1 Å². The molecule has 36 heavy (non-hydrogen) atoms. The Morgan fingerprint density at radius 2 is 1.81 bits per heavy atom. The first-order chi connectivity index (χ1) is 17.1. The van der Waals surface area contributed by atoms with Gasteiger partial charge in [0.05, 0.1) is 19.1 Å². The fourth-order valence-electron chi connectivity index (χ4n) is 4.45. The highest BCUT2D eigenvalue weighted by Crippen LogP contribution is 2.24. The van der Waals surface area contributed by atoms with Crippen LogP contribution in [0.3, 0.4) is 0 Å². The van der Waals surface area contributed by atoms with Gasteiger partial charge in [0.1, 0.15) is 18.3 Å². The van der Waals surface area contributed by atoms with Crippen LogP contribution in [0.2, 0.25) is 5.02 Å². The summed E-state index contributed by atoms with van der Waals surface area (Å²) in [5.74, 6) is -0.236. The van der Waals surface area contributed by atoms with Crippen molar-refractivity contribution in [3.63, 3.8) is 0 Å². The van der Waals surface area contributed by atoms with E-state index in [-0.39, 0.29) is 18.5 Å². The summed E-state index contributed by atoms with van der Waals surface area (Å²) in [4.78, 5) is 28.5. The Balaban J connectivity index is 1.92. The fraction of sp³-hybridized carbons (Fsp3) is 0.462. The number of nitrogens with one attached hydrogen (secondary N) is 1. The second-order valence-electron chi connectivity index (χ2n) is 9.03. The van der Waals surface area contributed by atoms with Gasteiger partial charge in [-0.3, -0.25) is 13.9 Å². The van der Waals surface area contributed by atoms with Gasteiger partial charge in [0.2, 0.25) is 21.8 Å².